The molecule has 0 spiro atoms. The van der Waals surface area contributed by atoms with Crippen LogP contribution in [-0.2, 0) is 10.0 Å². The van der Waals surface area contributed by atoms with Crippen molar-refractivity contribution in [2.24, 2.45) is 5.92 Å². The SMILES string of the molecule is CCC1CCCC(NC2CCN(S(C)(=O)=O)CC2)C1. The lowest BCUT2D eigenvalue weighted by Crippen LogP contribution is -2.48. The van der Waals surface area contributed by atoms with Gasteiger partial charge in [-0.05, 0) is 31.6 Å². The van der Waals surface area contributed by atoms with Crippen molar-refractivity contribution in [3.8, 4) is 0 Å². The minimum Gasteiger partial charge on any atom is -0.311 e. The van der Waals surface area contributed by atoms with E-state index in [9.17, 15) is 8.42 Å². The largest absolute Gasteiger partial charge is 0.311 e. The first-order chi connectivity index (χ1) is 8.99. The van der Waals surface area contributed by atoms with E-state index < -0.39 is 10.0 Å². The summed E-state index contributed by atoms with van der Waals surface area (Å²) in [4.78, 5) is 0. The number of rotatable bonds is 4. The Labute approximate surface area is 118 Å². The van der Waals surface area contributed by atoms with Gasteiger partial charge in [0.1, 0.15) is 0 Å². The molecule has 2 rings (SSSR count). The van der Waals surface area contributed by atoms with E-state index in [1.54, 1.807) is 4.31 Å². The predicted molar refractivity (Wildman–Crippen MR) is 78.6 cm³/mol. The lowest BCUT2D eigenvalue weighted by molar-refractivity contribution is 0.224. The number of piperidine rings is 1. The van der Waals surface area contributed by atoms with E-state index in [2.05, 4.69) is 12.2 Å². The van der Waals surface area contributed by atoms with Gasteiger partial charge in [0.2, 0.25) is 10.0 Å². The molecule has 0 aromatic rings. The van der Waals surface area contributed by atoms with Crippen molar-refractivity contribution in [2.75, 3.05) is 19.3 Å². The van der Waals surface area contributed by atoms with Crippen molar-refractivity contribution >= 4 is 10.0 Å². The summed E-state index contributed by atoms with van der Waals surface area (Å²) >= 11 is 0. The Bertz CT molecular complexity index is 375. The molecule has 0 bridgehead atoms. The van der Waals surface area contributed by atoms with Gasteiger partial charge in [-0.1, -0.05) is 26.2 Å². The molecular formula is C14H28N2O2S. The molecular weight excluding hydrogens is 260 g/mol. The molecule has 2 fully saturated rings. The number of nitrogens with zero attached hydrogens (tertiary/aromatic N) is 1. The Morgan fingerprint density at radius 1 is 1.11 bits per heavy atom. The van der Waals surface area contributed by atoms with E-state index in [1.165, 1.54) is 38.4 Å². The lowest BCUT2D eigenvalue weighted by atomic mass is 9.83. The third-order valence-corrected chi connectivity index (χ3v) is 6.06. The minimum atomic E-state index is -2.99. The quantitative estimate of drug-likeness (QED) is 0.860. The van der Waals surface area contributed by atoms with Crippen LogP contribution in [0.1, 0.15) is 51.9 Å². The van der Waals surface area contributed by atoms with Crippen molar-refractivity contribution in [3.05, 3.63) is 0 Å². The van der Waals surface area contributed by atoms with Crippen LogP contribution >= 0.6 is 0 Å². The van der Waals surface area contributed by atoms with Gasteiger partial charge in [0.05, 0.1) is 6.26 Å². The minimum absolute atomic E-state index is 0.513. The molecule has 1 saturated heterocycles. The van der Waals surface area contributed by atoms with Crippen LogP contribution in [0.5, 0.6) is 0 Å². The van der Waals surface area contributed by atoms with Crippen LogP contribution in [0, 0.1) is 5.92 Å². The maximum atomic E-state index is 11.5. The summed E-state index contributed by atoms with van der Waals surface area (Å²) in [5.41, 5.74) is 0. The molecule has 0 radical (unpaired) electrons. The van der Waals surface area contributed by atoms with Crippen LogP contribution in [0.25, 0.3) is 0 Å². The Morgan fingerprint density at radius 2 is 1.79 bits per heavy atom. The van der Waals surface area contributed by atoms with Gasteiger partial charge in [-0.3, -0.25) is 0 Å². The van der Waals surface area contributed by atoms with Crippen molar-refractivity contribution in [1.82, 2.24) is 9.62 Å². The Morgan fingerprint density at radius 3 is 2.37 bits per heavy atom. The summed E-state index contributed by atoms with van der Waals surface area (Å²) < 4.78 is 24.6. The molecule has 1 aliphatic carbocycles. The van der Waals surface area contributed by atoms with E-state index in [0.29, 0.717) is 25.2 Å². The molecule has 1 heterocycles. The summed E-state index contributed by atoms with van der Waals surface area (Å²) in [5.74, 6) is 0.891. The first-order valence-electron chi connectivity index (χ1n) is 7.70. The fourth-order valence-corrected chi connectivity index (χ4v) is 4.37. The number of hydrogen-bond acceptors (Lipinski definition) is 3. The van der Waals surface area contributed by atoms with Crippen LogP contribution < -0.4 is 5.32 Å². The van der Waals surface area contributed by atoms with Crippen LogP contribution in [0.15, 0.2) is 0 Å². The van der Waals surface area contributed by atoms with Gasteiger partial charge < -0.3 is 5.32 Å². The fourth-order valence-electron chi connectivity index (χ4n) is 3.50. The van der Waals surface area contributed by atoms with E-state index in [4.69, 9.17) is 0 Å². The summed E-state index contributed by atoms with van der Waals surface area (Å²) in [6.45, 7) is 3.65. The molecule has 2 aliphatic rings. The smallest absolute Gasteiger partial charge is 0.211 e. The molecule has 0 amide bonds. The zero-order valence-corrected chi connectivity index (χ0v) is 13.1. The standard InChI is InChI=1S/C14H28N2O2S/c1-3-12-5-4-6-14(11-12)15-13-7-9-16(10-8-13)19(2,17)18/h12-15H,3-11H2,1-2H3. The van der Waals surface area contributed by atoms with E-state index in [1.807, 2.05) is 0 Å². The highest BCUT2D eigenvalue weighted by molar-refractivity contribution is 7.88. The molecule has 5 heteroatoms. The summed E-state index contributed by atoms with van der Waals surface area (Å²) in [6, 6.07) is 1.17. The second kappa shape index (κ2) is 6.55. The molecule has 0 aromatic heterocycles. The van der Waals surface area contributed by atoms with Gasteiger partial charge in [0.15, 0.2) is 0 Å². The van der Waals surface area contributed by atoms with Crippen LogP contribution in [0.2, 0.25) is 0 Å². The van der Waals surface area contributed by atoms with Crippen LogP contribution in [0.3, 0.4) is 0 Å². The van der Waals surface area contributed by atoms with Crippen molar-refractivity contribution in [1.29, 1.82) is 0 Å². The molecule has 112 valence electrons. The highest BCUT2D eigenvalue weighted by atomic mass is 32.2. The maximum absolute atomic E-state index is 11.5. The normalized spacial score (nSPS) is 31.5. The number of sulfonamides is 1. The second-order valence-electron chi connectivity index (χ2n) is 6.24. The second-order valence-corrected chi connectivity index (χ2v) is 8.22. The van der Waals surface area contributed by atoms with Gasteiger partial charge in [0, 0.05) is 25.2 Å². The molecule has 19 heavy (non-hydrogen) atoms. The van der Waals surface area contributed by atoms with E-state index in [0.717, 1.165) is 18.8 Å². The third-order valence-electron chi connectivity index (χ3n) is 4.75. The molecule has 1 saturated carbocycles. The summed E-state index contributed by atoms with van der Waals surface area (Å²) in [7, 11) is -2.99. The molecule has 2 unspecified atom stereocenters. The van der Waals surface area contributed by atoms with Gasteiger partial charge in [-0.15, -0.1) is 0 Å². The average Bonchev–Trinajstić information content (AvgIpc) is 2.38. The highest BCUT2D eigenvalue weighted by Gasteiger charge is 2.28. The Kier molecular flexibility index (Phi) is 5.26. The topological polar surface area (TPSA) is 49.4 Å². The molecule has 1 aliphatic heterocycles. The molecule has 4 nitrogen and oxygen atoms in total. The molecule has 1 N–H and O–H groups in total. The van der Waals surface area contributed by atoms with Gasteiger partial charge in [-0.25, -0.2) is 12.7 Å². The lowest BCUT2D eigenvalue weighted by Gasteiger charge is -2.36. The van der Waals surface area contributed by atoms with Crippen LogP contribution in [0.4, 0.5) is 0 Å². The summed E-state index contributed by atoms with van der Waals surface area (Å²) in [5, 5.41) is 3.77. The highest BCUT2D eigenvalue weighted by Crippen LogP contribution is 2.27. The maximum Gasteiger partial charge on any atom is 0.211 e. The van der Waals surface area contributed by atoms with E-state index >= 15 is 0 Å². The first-order valence-corrected chi connectivity index (χ1v) is 9.55. The summed E-state index contributed by atoms with van der Waals surface area (Å²) in [6.07, 6.45) is 9.87. The van der Waals surface area contributed by atoms with Gasteiger partial charge in [0.25, 0.3) is 0 Å². The van der Waals surface area contributed by atoms with Crippen molar-refractivity contribution in [3.63, 3.8) is 0 Å². The van der Waals surface area contributed by atoms with Crippen molar-refractivity contribution in [2.45, 2.75) is 64.0 Å². The number of nitrogens with one attached hydrogen (secondary N) is 1. The monoisotopic (exact) mass is 288 g/mol. The van der Waals surface area contributed by atoms with Crippen LogP contribution in [-0.4, -0.2) is 44.2 Å². The Hall–Kier alpha value is -0.130. The van der Waals surface area contributed by atoms with Gasteiger partial charge >= 0.3 is 0 Å². The fraction of sp³-hybridized carbons (Fsp3) is 1.00. The Balaban J connectivity index is 1.76. The predicted octanol–water partition coefficient (Wildman–Crippen LogP) is 1.97. The molecule has 0 aromatic carbocycles. The average molecular weight is 288 g/mol. The zero-order valence-electron chi connectivity index (χ0n) is 12.3. The zero-order chi connectivity index (χ0) is 13.9. The van der Waals surface area contributed by atoms with E-state index in [-0.39, 0.29) is 0 Å². The molecule has 2 atom stereocenters. The first kappa shape index (κ1) is 15.3. The third kappa shape index (κ3) is 4.43. The number of hydrogen-bond donors (Lipinski definition) is 1. The van der Waals surface area contributed by atoms with Gasteiger partial charge in [-0.2, -0.15) is 0 Å². The van der Waals surface area contributed by atoms with Crippen molar-refractivity contribution < 1.29 is 8.42 Å².